The van der Waals surface area contributed by atoms with E-state index in [9.17, 15) is 9.59 Å². The SMILES string of the molecule is CC(NC(=O)NCC1C(C)(C)C1(C)C)C(C)C(=O)O. The average molecular weight is 270 g/mol. The molecule has 1 aliphatic carbocycles. The summed E-state index contributed by atoms with van der Waals surface area (Å²) in [5.74, 6) is -1.05. The summed E-state index contributed by atoms with van der Waals surface area (Å²) < 4.78 is 0. The molecular formula is C14H26N2O3. The Morgan fingerprint density at radius 3 is 2.00 bits per heavy atom. The highest BCUT2D eigenvalue weighted by Crippen LogP contribution is 2.67. The molecule has 0 aromatic carbocycles. The largest absolute Gasteiger partial charge is 0.481 e. The van der Waals surface area contributed by atoms with Gasteiger partial charge >= 0.3 is 12.0 Å². The predicted molar refractivity (Wildman–Crippen MR) is 73.8 cm³/mol. The zero-order valence-corrected chi connectivity index (χ0v) is 12.7. The van der Waals surface area contributed by atoms with E-state index < -0.39 is 17.9 Å². The van der Waals surface area contributed by atoms with Gasteiger partial charge in [-0.25, -0.2) is 4.79 Å². The van der Waals surface area contributed by atoms with Crippen LogP contribution in [-0.2, 0) is 4.79 Å². The lowest BCUT2D eigenvalue weighted by Crippen LogP contribution is -2.45. The van der Waals surface area contributed by atoms with Crippen LogP contribution in [0.4, 0.5) is 4.79 Å². The highest BCUT2D eigenvalue weighted by molar-refractivity contribution is 5.76. The van der Waals surface area contributed by atoms with Crippen LogP contribution in [0.1, 0.15) is 41.5 Å². The molecule has 0 saturated heterocycles. The molecule has 0 radical (unpaired) electrons. The Bertz CT molecular complexity index is 363. The fourth-order valence-corrected chi connectivity index (χ4v) is 2.63. The van der Waals surface area contributed by atoms with Crippen molar-refractivity contribution in [2.24, 2.45) is 22.7 Å². The van der Waals surface area contributed by atoms with Gasteiger partial charge in [0.1, 0.15) is 0 Å². The predicted octanol–water partition coefficient (Wildman–Crippen LogP) is 2.08. The summed E-state index contributed by atoms with van der Waals surface area (Å²) in [7, 11) is 0. The van der Waals surface area contributed by atoms with Crippen LogP contribution in [0.25, 0.3) is 0 Å². The third-order valence-electron chi connectivity index (χ3n) is 5.28. The Labute approximate surface area is 115 Å². The molecule has 0 aromatic rings. The molecule has 5 nitrogen and oxygen atoms in total. The fourth-order valence-electron chi connectivity index (χ4n) is 2.63. The minimum atomic E-state index is -0.905. The summed E-state index contributed by atoms with van der Waals surface area (Å²) >= 11 is 0. The molecule has 0 heterocycles. The standard InChI is InChI=1S/C14H26N2O3/c1-8(11(17)18)9(2)16-12(19)15-7-10-13(3,4)14(10,5)6/h8-10H,7H2,1-6H3,(H,17,18)(H2,15,16,19). The van der Waals surface area contributed by atoms with Gasteiger partial charge < -0.3 is 15.7 Å². The summed E-state index contributed by atoms with van der Waals surface area (Å²) in [5.41, 5.74) is 0.473. The van der Waals surface area contributed by atoms with Crippen LogP contribution in [0, 0.1) is 22.7 Å². The number of amides is 2. The number of carbonyl (C=O) groups is 2. The van der Waals surface area contributed by atoms with E-state index in [0.29, 0.717) is 12.5 Å². The number of hydrogen-bond acceptors (Lipinski definition) is 2. The van der Waals surface area contributed by atoms with Gasteiger partial charge in [-0.3, -0.25) is 4.79 Å². The minimum Gasteiger partial charge on any atom is -0.481 e. The normalized spacial score (nSPS) is 23.3. The van der Waals surface area contributed by atoms with Crippen molar-refractivity contribution in [1.82, 2.24) is 10.6 Å². The molecule has 0 aliphatic heterocycles. The van der Waals surface area contributed by atoms with E-state index in [1.54, 1.807) is 13.8 Å². The Hall–Kier alpha value is -1.26. The molecule has 0 bridgehead atoms. The molecule has 0 aromatic heterocycles. The zero-order chi connectivity index (χ0) is 15.0. The molecule has 1 fully saturated rings. The first-order valence-electron chi connectivity index (χ1n) is 6.79. The van der Waals surface area contributed by atoms with Gasteiger partial charge in [-0.05, 0) is 30.6 Å². The van der Waals surface area contributed by atoms with E-state index in [-0.39, 0.29) is 16.9 Å². The quantitative estimate of drug-likeness (QED) is 0.715. The van der Waals surface area contributed by atoms with E-state index >= 15 is 0 Å². The zero-order valence-electron chi connectivity index (χ0n) is 12.7. The van der Waals surface area contributed by atoms with Crippen molar-refractivity contribution in [3.8, 4) is 0 Å². The second-order valence-electron chi connectivity index (χ2n) is 6.77. The molecule has 3 N–H and O–H groups in total. The third kappa shape index (κ3) is 3.01. The molecule has 2 amide bonds. The van der Waals surface area contributed by atoms with Gasteiger partial charge in [0.15, 0.2) is 0 Å². The van der Waals surface area contributed by atoms with Crippen molar-refractivity contribution in [3.63, 3.8) is 0 Å². The number of aliphatic carboxylic acids is 1. The van der Waals surface area contributed by atoms with E-state index in [1.807, 2.05) is 0 Å². The summed E-state index contributed by atoms with van der Waals surface area (Å²) in [4.78, 5) is 22.5. The second kappa shape index (κ2) is 5.02. The molecule has 1 aliphatic rings. The number of carboxylic acids is 1. The van der Waals surface area contributed by atoms with Crippen molar-refractivity contribution >= 4 is 12.0 Å². The maximum absolute atomic E-state index is 11.7. The fraction of sp³-hybridized carbons (Fsp3) is 0.857. The van der Waals surface area contributed by atoms with Gasteiger partial charge in [-0.15, -0.1) is 0 Å². The number of hydrogen-bond donors (Lipinski definition) is 3. The number of nitrogens with one attached hydrogen (secondary N) is 2. The molecule has 1 rings (SSSR count). The van der Waals surface area contributed by atoms with Crippen LogP contribution in [0.15, 0.2) is 0 Å². The van der Waals surface area contributed by atoms with Gasteiger partial charge in [-0.2, -0.15) is 0 Å². The highest BCUT2D eigenvalue weighted by atomic mass is 16.4. The second-order valence-corrected chi connectivity index (χ2v) is 6.77. The van der Waals surface area contributed by atoms with Crippen molar-refractivity contribution in [1.29, 1.82) is 0 Å². The van der Waals surface area contributed by atoms with E-state index in [0.717, 1.165) is 0 Å². The lowest BCUT2D eigenvalue weighted by atomic mass is 10.0. The first kappa shape index (κ1) is 15.8. The lowest BCUT2D eigenvalue weighted by Gasteiger charge is -2.18. The molecule has 1 saturated carbocycles. The molecule has 5 heteroatoms. The molecular weight excluding hydrogens is 244 g/mol. The summed E-state index contributed by atoms with van der Waals surface area (Å²) in [5, 5.41) is 14.4. The van der Waals surface area contributed by atoms with Crippen molar-refractivity contribution in [3.05, 3.63) is 0 Å². The topological polar surface area (TPSA) is 78.4 Å². The average Bonchev–Trinajstić information content (AvgIpc) is 2.65. The Balaban J connectivity index is 2.36. The van der Waals surface area contributed by atoms with Crippen LogP contribution in [-0.4, -0.2) is 29.7 Å². The van der Waals surface area contributed by atoms with Gasteiger partial charge in [0.2, 0.25) is 0 Å². The van der Waals surface area contributed by atoms with Gasteiger partial charge in [0, 0.05) is 12.6 Å². The van der Waals surface area contributed by atoms with Crippen molar-refractivity contribution < 1.29 is 14.7 Å². The van der Waals surface area contributed by atoms with Crippen LogP contribution in [0.2, 0.25) is 0 Å². The van der Waals surface area contributed by atoms with Crippen molar-refractivity contribution in [2.75, 3.05) is 6.54 Å². The van der Waals surface area contributed by atoms with Crippen LogP contribution >= 0.6 is 0 Å². The Morgan fingerprint density at radius 1 is 1.16 bits per heavy atom. The highest BCUT2D eigenvalue weighted by Gasteiger charge is 2.64. The number of rotatable bonds is 5. The maximum Gasteiger partial charge on any atom is 0.315 e. The summed E-state index contributed by atoms with van der Waals surface area (Å²) in [6.45, 7) is 12.7. The lowest BCUT2D eigenvalue weighted by molar-refractivity contribution is -0.141. The number of urea groups is 1. The molecule has 0 spiro atoms. The molecule has 110 valence electrons. The summed E-state index contributed by atoms with van der Waals surface area (Å²) in [6, 6.07) is -0.683. The Kier molecular flexibility index (Phi) is 4.17. The van der Waals surface area contributed by atoms with Crippen LogP contribution in [0.5, 0.6) is 0 Å². The van der Waals surface area contributed by atoms with Crippen molar-refractivity contribution in [2.45, 2.75) is 47.6 Å². The molecule has 2 unspecified atom stereocenters. The Morgan fingerprint density at radius 2 is 1.63 bits per heavy atom. The first-order valence-corrected chi connectivity index (χ1v) is 6.79. The molecule has 2 atom stereocenters. The smallest absolute Gasteiger partial charge is 0.315 e. The van der Waals surface area contributed by atoms with E-state index in [4.69, 9.17) is 5.11 Å². The van der Waals surface area contributed by atoms with Crippen LogP contribution in [0.3, 0.4) is 0 Å². The van der Waals surface area contributed by atoms with E-state index in [2.05, 4.69) is 38.3 Å². The minimum absolute atomic E-state index is 0.236. The number of carbonyl (C=O) groups excluding carboxylic acids is 1. The maximum atomic E-state index is 11.7. The summed E-state index contributed by atoms with van der Waals surface area (Å²) in [6.07, 6.45) is 0. The monoisotopic (exact) mass is 270 g/mol. The van der Waals surface area contributed by atoms with Crippen LogP contribution < -0.4 is 10.6 Å². The third-order valence-corrected chi connectivity index (χ3v) is 5.28. The molecule has 19 heavy (non-hydrogen) atoms. The van der Waals surface area contributed by atoms with E-state index in [1.165, 1.54) is 0 Å². The van der Waals surface area contributed by atoms with Gasteiger partial charge in [0.25, 0.3) is 0 Å². The number of carboxylic acid groups (broad SMARTS) is 1. The van der Waals surface area contributed by atoms with Gasteiger partial charge in [-0.1, -0.05) is 27.7 Å². The van der Waals surface area contributed by atoms with Gasteiger partial charge in [0.05, 0.1) is 5.92 Å². The first-order chi connectivity index (χ1) is 8.51.